The van der Waals surface area contributed by atoms with Crippen molar-refractivity contribution in [1.29, 1.82) is 0 Å². The van der Waals surface area contributed by atoms with Gasteiger partial charge in [-0.15, -0.1) is 11.3 Å². The maximum absolute atomic E-state index is 11.4. The second-order valence-electron chi connectivity index (χ2n) is 6.79. The number of benzene rings is 1. The number of aromatic nitrogens is 1. The van der Waals surface area contributed by atoms with Crippen LogP contribution in [-0.4, -0.2) is 28.1 Å². The van der Waals surface area contributed by atoms with Gasteiger partial charge in [-0.3, -0.25) is 10.1 Å². The zero-order valence-electron chi connectivity index (χ0n) is 14.5. The molecule has 1 unspecified atom stereocenters. The van der Waals surface area contributed by atoms with Crippen LogP contribution in [0.25, 0.3) is 0 Å². The van der Waals surface area contributed by atoms with Gasteiger partial charge in [0.2, 0.25) is 0 Å². The lowest BCUT2D eigenvalue weighted by atomic mass is 9.97. The Hall–Kier alpha value is -1.99. The molecule has 2 heterocycles. The summed E-state index contributed by atoms with van der Waals surface area (Å²) in [6.45, 7) is 5.66. The number of nitro benzene ring substituents is 1. The van der Waals surface area contributed by atoms with Crippen LogP contribution >= 0.6 is 11.3 Å². The van der Waals surface area contributed by atoms with Gasteiger partial charge in [-0.05, 0) is 36.5 Å². The van der Waals surface area contributed by atoms with E-state index in [1.807, 2.05) is 0 Å². The average molecular weight is 361 g/mol. The van der Waals surface area contributed by atoms with Gasteiger partial charge < -0.3 is 10.0 Å². The lowest BCUT2D eigenvalue weighted by Gasteiger charge is -2.33. The van der Waals surface area contributed by atoms with E-state index >= 15 is 0 Å². The first-order valence-corrected chi connectivity index (χ1v) is 9.46. The molecule has 0 radical (unpaired) electrons. The van der Waals surface area contributed by atoms with Gasteiger partial charge in [0, 0.05) is 30.5 Å². The summed E-state index contributed by atoms with van der Waals surface area (Å²) in [6.07, 6.45) is 2.02. The zero-order chi connectivity index (χ0) is 18.0. The van der Waals surface area contributed by atoms with Crippen LogP contribution in [0.3, 0.4) is 0 Å². The lowest BCUT2D eigenvalue weighted by molar-refractivity contribution is -0.384. The molecule has 1 aromatic heterocycles. The van der Waals surface area contributed by atoms with Crippen molar-refractivity contribution in [3.05, 3.63) is 50.0 Å². The average Bonchev–Trinajstić information content (AvgIpc) is 3.11. The third-order valence-corrected chi connectivity index (χ3v) is 5.69. The van der Waals surface area contributed by atoms with Crippen LogP contribution in [0.1, 0.15) is 54.8 Å². The Morgan fingerprint density at radius 3 is 2.92 bits per heavy atom. The summed E-state index contributed by atoms with van der Waals surface area (Å²) >= 11 is 1.69. The minimum Gasteiger partial charge on any atom is -0.392 e. The number of aliphatic hydroxyl groups excluding tert-OH is 1. The third-order valence-electron chi connectivity index (χ3n) is 4.66. The van der Waals surface area contributed by atoms with Gasteiger partial charge >= 0.3 is 0 Å². The van der Waals surface area contributed by atoms with Crippen molar-refractivity contribution in [2.24, 2.45) is 0 Å². The summed E-state index contributed by atoms with van der Waals surface area (Å²) in [5.74, 6) is 0.704. The van der Waals surface area contributed by atoms with Crippen molar-refractivity contribution in [3.63, 3.8) is 0 Å². The molecule has 1 atom stereocenters. The number of thiazole rings is 1. The van der Waals surface area contributed by atoms with Crippen molar-refractivity contribution in [2.75, 3.05) is 18.0 Å². The molecule has 0 spiro atoms. The van der Waals surface area contributed by atoms with Crippen LogP contribution in [0.5, 0.6) is 0 Å². The van der Waals surface area contributed by atoms with E-state index in [0.717, 1.165) is 36.6 Å². The number of hydrogen-bond donors (Lipinski definition) is 1. The molecule has 6 nitrogen and oxygen atoms in total. The first-order valence-electron chi connectivity index (χ1n) is 8.58. The molecular weight excluding hydrogens is 338 g/mol. The number of piperidine rings is 1. The molecule has 25 heavy (non-hydrogen) atoms. The van der Waals surface area contributed by atoms with Gasteiger partial charge in [0.05, 0.1) is 22.2 Å². The maximum atomic E-state index is 11.4. The number of nitrogens with zero attached hydrogens (tertiary/aromatic N) is 3. The molecule has 0 amide bonds. The van der Waals surface area contributed by atoms with Crippen LogP contribution in [0.2, 0.25) is 0 Å². The highest BCUT2D eigenvalue weighted by atomic mass is 32.1. The highest BCUT2D eigenvalue weighted by molar-refractivity contribution is 7.09. The minimum absolute atomic E-state index is 0.0971. The third kappa shape index (κ3) is 3.82. The summed E-state index contributed by atoms with van der Waals surface area (Å²) in [6, 6.07) is 4.84. The van der Waals surface area contributed by atoms with Gasteiger partial charge in [-0.1, -0.05) is 13.8 Å². The minimum atomic E-state index is -0.347. The number of anilines is 1. The van der Waals surface area contributed by atoms with Crippen molar-refractivity contribution in [1.82, 2.24) is 4.98 Å². The Morgan fingerprint density at radius 2 is 2.28 bits per heavy atom. The van der Waals surface area contributed by atoms with Gasteiger partial charge in [-0.25, -0.2) is 4.98 Å². The predicted octanol–water partition coefficient (Wildman–Crippen LogP) is 4.05. The first-order chi connectivity index (χ1) is 12.0. The molecule has 1 saturated heterocycles. The fraction of sp³-hybridized carbons (Fsp3) is 0.500. The van der Waals surface area contributed by atoms with Crippen molar-refractivity contribution in [3.8, 4) is 0 Å². The van der Waals surface area contributed by atoms with E-state index in [1.165, 1.54) is 6.07 Å². The second kappa shape index (κ2) is 7.49. The highest BCUT2D eigenvalue weighted by Gasteiger charge is 2.28. The topological polar surface area (TPSA) is 79.5 Å². The van der Waals surface area contributed by atoms with E-state index in [2.05, 4.69) is 24.1 Å². The Morgan fingerprint density at radius 1 is 1.48 bits per heavy atom. The van der Waals surface area contributed by atoms with Gasteiger partial charge in [0.1, 0.15) is 5.69 Å². The molecule has 7 heteroatoms. The van der Waals surface area contributed by atoms with Crippen LogP contribution in [0, 0.1) is 10.1 Å². The number of hydrogen-bond acceptors (Lipinski definition) is 6. The van der Waals surface area contributed by atoms with E-state index in [4.69, 9.17) is 4.98 Å². The maximum Gasteiger partial charge on any atom is 0.292 e. The monoisotopic (exact) mass is 361 g/mol. The summed E-state index contributed by atoms with van der Waals surface area (Å²) in [5, 5.41) is 24.0. The Bertz CT molecular complexity index is 760. The largest absolute Gasteiger partial charge is 0.392 e. The summed E-state index contributed by atoms with van der Waals surface area (Å²) in [4.78, 5) is 17.9. The van der Waals surface area contributed by atoms with Gasteiger partial charge in [-0.2, -0.15) is 0 Å². The van der Waals surface area contributed by atoms with Crippen molar-refractivity contribution in [2.45, 2.75) is 45.1 Å². The molecule has 1 aliphatic rings. The fourth-order valence-corrected chi connectivity index (χ4v) is 4.34. The van der Waals surface area contributed by atoms with Gasteiger partial charge in [0.25, 0.3) is 5.69 Å². The molecule has 1 aromatic carbocycles. The fourth-order valence-electron chi connectivity index (χ4n) is 3.23. The van der Waals surface area contributed by atoms with Gasteiger partial charge in [0.15, 0.2) is 0 Å². The van der Waals surface area contributed by atoms with Crippen LogP contribution < -0.4 is 4.90 Å². The molecule has 134 valence electrons. The number of aliphatic hydroxyl groups is 1. The smallest absolute Gasteiger partial charge is 0.292 e. The quantitative estimate of drug-likeness (QED) is 0.642. The number of rotatable bonds is 5. The SMILES string of the molecule is CC(C)c1csc(C2CCCN(c3cc(CO)ccc3[N+](=O)[O-])C2)n1. The first kappa shape index (κ1) is 17.8. The second-order valence-corrected chi connectivity index (χ2v) is 7.68. The van der Waals surface area contributed by atoms with Crippen LogP contribution in [0.15, 0.2) is 23.6 Å². The Balaban J connectivity index is 1.86. The zero-order valence-corrected chi connectivity index (χ0v) is 15.3. The molecule has 0 aliphatic carbocycles. The molecule has 1 fully saturated rings. The summed E-state index contributed by atoms with van der Waals surface area (Å²) < 4.78 is 0. The lowest BCUT2D eigenvalue weighted by Crippen LogP contribution is -2.34. The molecule has 0 bridgehead atoms. The van der Waals surface area contributed by atoms with E-state index in [1.54, 1.807) is 23.5 Å². The summed E-state index contributed by atoms with van der Waals surface area (Å²) in [7, 11) is 0. The standard InChI is InChI=1S/C18H23N3O3S/c1-12(2)15-11-25-18(19-15)14-4-3-7-20(9-14)17-8-13(10-22)5-6-16(17)21(23)24/h5-6,8,11-12,14,22H,3-4,7,9-10H2,1-2H3. The van der Waals surface area contributed by atoms with Crippen molar-refractivity contribution < 1.29 is 10.0 Å². The molecular formula is C18H23N3O3S. The van der Waals surface area contributed by atoms with E-state index in [9.17, 15) is 15.2 Å². The molecule has 3 rings (SSSR count). The molecule has 0 saturated carbocycles. The summed E-state index contributed by atoms with van der Waals surface area (Å²) in [5.41, 5.74) is 2.51. The Kier molecular flexibility index (Phi) is 5.34. The van der Waals surface area contributed by atoms with E-state index in [-0.39, 0.29) is 17.2 Å². The van der Waals surface area contributed by atoms with E-state index < -0.39 is 0 Å². The number of nitro groups is 1. The van der Waals surface area contributed by atoms with E-state index in [0.29, 0.717) is 23.1 Å². The Labute approximate surface area is 151 Å². The normalized spacial score (nSPS) is 17.9. The molecule has 1 aliphatic heterocycles. The predicted molar refractivity (Wildman–Crippen MR) is 99.4 cm³/mol. The molecule has 2 aromatic rings. The molecule has 1 N–H and O–H groups in total. The van der Waals surface area contributed by atoms with Crippen LogP contribution in [0.4, 0.5) is 11.4 Å². The highest BCUT2D eigenvalue weighted by Crippen LogP contribution is 2.36. The van der Waals surface area contributed by atoms with Crippen molar-refractivity contribution >= 4 is 22.7 Å². The van der Waals surface area contributed by atoms with Crippen LogP contribution in [-0.2, 0) is 6.61 Å².